The summed E-state index contributed by atoms with van der Waals surface area (Å²) < 4.78 is 62.5. The second kappa shape index (κ2) is 9.34. The van der Waals surface area contributed by atoms with Gasteiger partial charge in [-0.2, -0.15) is 9.97 Å². The number of hydrogen-bond acceptors (Lipinski definition) is 12. The van der Waals surface area contributed by atoms with Crippen LogP contribution in [0.1, 0.15) is 40.3 Å². The van der Waals surface area contributed by atoms with Gasteiger partial charge in [-0.25, -0.2) is 13.9 Å². The van der Waals surface area contributed by atoms with Crippen molar-refractivity contribution in [1.29, 1.82) is 0 Å². The van der Waals surface area contributed by atoms with Crippen LogP contribution in [0.3, 0.4) is 0 Å². The van der Waals surface area contributed by atoms with Crippen LogP contribution in [0.5, 0.6) is 5.88 Å². The van der Waals surface area contributed by atoms with Gasteiger partial charge in [-0.1, -0.05) is 0 Å². The lowest BCUT2D eigenvalue weighted by atomic mass is 9.98. The van der Waals surface area contributed by atoms with Crippen LogP contribution in [0.15, 0.2) is 6.33 Å². The molecule has 2 N–H and O–H groups in total. The van der Waals surface area contributed by atoms with Gasteiger partial charge in [0, 0.05) is 0 Å². The molecule has 2 aliphatic rings. The number of nitrogen functional groups attached to an aromatic ring is 1. The number of rotatable bonds is 8. The van der Waals surface area contributed by atoms with Crippen molar-refractivity contribution in [3.63, 3.8) is 0 Å². The molecule has 0 aromatic carbocycles. The van der Waals surface area contributed by atoms with E-state index in [1.165, 1.54) is 17.8 Å². The predicted octanol–water partition coefficient (Wildman–Crippen LogP) is 2.31. The van der Waals surface area contributed by atoms with Crippen molar-refractivity contribution < 1.29 is 41.5 Å². The minimum atomic E-state index is -4.15. The zero-order valence-corrected chi connectivity index (χ0v) is 20.1. The van der Waals surface area contributed by atoms with Crippen LogP contribution in [0.2, 0.25) is 0 Å². The fourth-order valence-corrected chi connectivity index (χ4v) is 5.25. The monoisotopic (exact) mass is 503 g/mol. The summed E-state index contributed by atoms with van der Waals surface area (Å²) in [5.41, 5.74) is 4.08. The molecule has 0 spiro atoms. The summed E-state index contributed by atoms with van der Waals surface area (Å²) >= 11 is 0. The third-order valence-electron chi connectivity index (χ3n) is 5.18. The number of carbonyl (C=O) groups excluding carboxylic acids is 1. The standard InChI is InChI=1S/C19H27FN5O8P/c1-5-28-16-13-15(23-18(21)24-16)25(9-22-13)17-19(4,20)14-11(32-17)8-30-34(27,33-14)29-7-6-12(26)31-10(2)3/h9-11,14,17H,5-8H2,1-4H3,(H2,21,23,24)/t11-,14-,17-,19-,34?/m1/s1. The summed E-state index contributed by atoms with van der Waals surface area (Å²) in [4.78, 5) is 24.1. The minimum Gasteiger partial charge on any atom is -0.476 e. The Morgan fingerprint density at radius 2 is 2.21 bits per heavy atom. The predicted molar refractivity (Wildman–Crippen MR) is 115 cm³/mol. The van der Waals surface area contributed by atoms with Crippen molar-refractivity contribution in [2.75, 3.05) is 25.6 Å². The molecule has 15 heteroatoms. The molecule has 5 atom stereocenters. The highest BCUT2D eigenvalue weighted by molar-refractivity contribution is 7.48. The number of carbonyl (C=O) groups is 1. The van der Waals surface area contributed by atoms with Crippen LogP contribution in [0.4, 0.5) is 10.3 Å². The SMILES string of the molecule is CCOc1nc(N)nc2c1ncn2[C@@H]1O[C@@H]2COP(=O)(OCCC(=O)OC(C)C)O[C@H]2[C@@]1(C)F. The van der Waals surface area contributed by atoms with Gasteiger partial charge in [0.25, 0.3) is 0 Å². The Hall–Kier alpha value is -2.38. The van der Waals surface area contributed by atoms with Gasteiger partial charge in [0.15, 0.2) is 23.1 Å². The van der Waals surface area contributed by atoms with E-state index in [1.54, 1.807) is 20.8 Å². The van der Waals surface area contributed by atoms with Gasteiger partial charge in [0.05, 0.1) is 38.7 Å². The number of nitrogens with two attached hydrogens (primary N) is 1. The molecule has 188 valence electrons. The van der Waals surface area contributed by atoms with Gasteiger partial charge >= 0.3 is 13.8 Å². The van der Waals surface area contributed by atoms with Crippen molar-refractivity contribution >= 4 is 30.9 Å². The zero-order valence-electron chi connectivity index (χ0n) is 19.2. The van der Waals surface area contributed by atoms with Gasteiger partial charge in [-0.3, -0.25) is 22.9 Å². The van der Waals surface area contributed by atoms with E-state index in [0.717, 1.165) is 0 Å². The third kappa shape index (κ3) is 4.73. The molecular weight excluding hydrogens is 476 g/mol. The number of anilines is 1. The molecule has 4 heterocycles. The van der Waals surface area contributed by atoms with E-state index in [2.05, 4.69) is 15.0 Å². The van der Waals surface area contributed by atoms with Gasteiger partial charge in [-0.15, -0.1) is 0 Å². The van der Waals surface area contributed by atoms with Crippen LogP contribution >= 0.6 is 7.82 Å². The highest BCUT2D eigenvalue weighted by Crippen LogP contribution is 2.59. The lowest BCUT2D eigenvalue weighted by molar-refractivity contribution is -0.148. The number of alkyl halides is 1. The number of halogens is 1. The summed E-state index contributed by atoms with van der Waals surface area (Å²) in [7, 11) is -4.15. The van der Waals surface area contributed by atoms with Crippen LogP contribution in [-0.4, -0.2) is 69.3 Å². The van der Waals surface area contributed by atoms with E-state index >= 15 is 4.39 Å². The third-order valence-corrected chi connectivity index (χ3v) is 6.63. The molecule has 0 amide bonds. The number of ether oxygens (including phenoxy) is 3. The molecule has 0 aliphatic carbocycles. The maximum Gasteiger partial charge on any atom is 0.475 e. The Bertz CT molecular complexity index is 1110. The summed E-state index contributed by atoms with van der Waals surface area (Å²) in [5.74, 6) is -0.453. The van der Waals surface area contributed by atoms with E-state index in [1.807, 2.05) is 0 Å². The van der Waals surface area contributed by atoms with E-state index in [-0.39, 0.29) is 48.7 Å². The zero-order chi connectivity index (χ0) is 24.7. The number of fused-ring (bicyclic) bond motifs is 2. The molecule has 0 bridgehead atoms. The van der Waals surface area contributed by atoms with Crippen molar-refractivity contribution in [2.45, 2.75) is 64.3 Å². The number of imidazole rings is 1. The Morgan fingerprint density at radius 1 is 1.44 bits per heavy atom. The Labute approximate surface area is 194 Å². The molecule has 2 fully saturated rings. The van der Waals surface area contributed by atoms with Crippen LogP contribution < -0.4 is 10.5 Å². The summed E-state index contributed by atoms with van der Waals surface area (Å²) in [5, 5.41) is 0. The van der Waals surface area contributed by atoms with E-state index in [0.29, 0.717) is 6.61 Å². The maximum atomic E-state index is 16.1. The number of nitrogens with zero attached hydrogens (tertiary/aromatic N) is 4. The Balaban J connectivity index is 1.51. The first-order valence-electron chi connectivity index (χ1n) is 10.8. The molecule has 4 rings (SSSR count). The number of hydrogen-bond donors (Lipinski definition) is 1. The fraction of sp³-hybridized carbons (Fsp3) is 0.684. The van der Waals surface area contributed by atoms with Crippen molar-refractivity contribution in [2.24, 2.45) is 0 Å². The molecule has 1 unspecified atom stereocenters. The normalized spacial score (nSPS) is 31.1. The molecule has 0 radical (unpaired) electrons. The van der Waals surface area contributed by atoms with Crippen molar-refractivity contribution in [3.05, 3.63) is 6.33 Å². The van der Waals surface area contributed by atoms with E-state index in [9.17, 15) is 9.36 Å². The molecule has 2 aromatic heterocycles. The summed E-state index contributed by atoms with van der Waals surface area (Å²) in [6.45, 7) is 6.22. The lowest BCUT2D eigenvalue weighted by Gasteiger charge is -2.33. The minimum absolute atomic E-state index is 0.0813. The van der Waals surface area contributed by atoms with E-state index in [4.69, 9.17) is 33.5 Å². The number of phosphoric ester groups is 1. The van der Waals surface area contributed by atoms with Crippen molar-refractivity contribution in [1.82, 2.24) is 19.5 Å². The highest BCUT2D eigenvalue weighted by atomic mass is 31.2. The maximum absolute atomic E-state index is 16.1. The topological polar surface area (TPSA) is 159 Å². The summed E-state index contributed by atoms with van der Waals surface area (Å²) in [6, 6.07) is 0. The quantitative estimate of drug-likeness (QED) is 0.414. The van der Waals surface area contributed by atoms with Gasteiger partial charge in [-0.05, 0) is 27.7 Å². The van der Waals surface area contributed by atoms with Crippen LogP contribution in [0.25, 0.3) is 11.2 Å². The molecule has 2 aromatic rings. The molecular formula is C19H27FN5O8P. The number of aromatic nitrogens is 4. The largest absolute Gasteiger partial charge is 0.476 e. The molecule has 2 saturated heterocycles. The first kappa shape index (κ1) is 24.7. The highest BCUT2D eigenvalue weighted by Gasteiger charge is 2.61. The number of esters is 1. The number of phosphoric acid groups is 1. The van der Waals surface area contributed by atoms with Gasteiger partial charge in [0.2, 0.25) is 11.8 Å². The van der Waals surface area contributed by atoms with Crippen LogP contribution in [-0.2, 0) is 32.4 Å². The first-order chi connectivity index (χ1) is 16.0. The van der Waals surface area contributed by atoms with Crippen LogP contribution in [0, 0.1) is 0 Å². The Kier molecular flexibility index (Phi) is 6.80. The smallest absolute Gasteiger partial charge is 0.475 e. The average molecular weight is 503 g/mol. The molecule has 13 nitrogen and oxygen atoms in total. The molecule has 0 saturated carbocycles. The van der Waals surface area contributed by atoms with Crippen molar-refractivity contribution in [3.8, 4) is 5.88 Å². The fourth-order valence-electron chi connectivity index (χ4n) is 3.79. The summed E-state index contributed by atoms with van der Waals surface area (Å²) in [6.07, 6.45) is -2.57. The van der Waals surface area contributed by atoms with Gasteiger partial charge in [0.1, 0.15) is 12.2 Å². The van der Waals surface area contributed by atoms with Gasteiger partial charge < -0.3 is 19.9 Å². The lowest BCUT2D eigenvalue weighted by Crippen LogP contribution is -2.44. The first-order valence-corrected chi connectivity index (χ1v) is 12.2. The second-order valence-electron chi connectivity index (χ2n) is 8.21. The van der Waals surface area contributed by atoms with E-state index < -0.39 is 37.9 Å². The molecule has 2 aliphatic heterocycles. The second-order valence-corrected chi connectivity index (χ2v) is 9.83. The average Bonchev–Trinajstić information content (AvgIpc) is 3.26. The Morgan fingerprint density at radius 3 is 2.91 bits per heavy atom. The molecule has 34 heavy (non-hydrogen) atoms.